The van der Waals surface area contributed by atoms with E-state index in [2.05, 4.69) is 36.5 Å². The van der Waals surface area contributed by atoms with E-state index in [-0.39, 0.29) is 80.5 Å². The fourth-order valence-corrected chi connectivity index (χ4v) is 11.7. The average Bonchev–Trinajstić information content (AvgIpc) is 4.17. The molecule has 6 unspecified atom stereocenters. The van der Waals surface area contributed by atoms with Gasteiger partial charge in [-0.3, -0.25) is 39.2 Å². The van der Waals surface area contributed by atoms with Crippen molar-refractivity contribution in [3.8, 4) is 0 Å². The first kappa shape index (κ1) is 60.0. The van der Waals surface area contributed by atoms with Crippen LogP contribution in [-0.4, -0.2) is 180 Å². The first-order chi connectivity index (χ1) is 37.3. The maximum absolute atomic E-state index is 15.2. The second kappa shape index (κ2) is 28.0. The molecule has 6 heterocycles. The van der Waals surface area contributed by atoms with Crippen LogP contribution in [0.3, 0.4) is 0 Å². The molecule has 2 aromatic heterocycles. The van der Waals surface area contributed by atoms with Crippen LogP contribution >= 0.6 is 50.2 Å². The van der Waals surface area contributed by atoms with Crippen LogP contribution in [0.15, 0.2) is 96.5 Å². The van der Waals surface area contributed by atoms with Crippen LogP contribution in [-0.2, 0) is 28.7 Å². The van der Waals surface area contributed by atoms with Gasteiger partial charge in [-0.2, -0.15) is 0 Å². The highest BCUT2D eigenvalue weighted by atomic mass is 79.9. The molecule has 8 rings (SSSR count). The minimum Gasteiger partial charge on any atom is -0.480 e. The molecule has 420 valence electrons. The largest absolute Gasteiger partial charge is 0.480 e. The number of nitrogens with zero attached hydrogens (tertiary/aromatic N) is 8. The highest BCUT2D eigenvalue weighted by molar-refractivity contribution is 9.10. The van der Waals surface area contributed by atoms with Crippen LogP contribution in [0.2, 0.25) is 5.02 Å². The highest BCUT2D eigenvalue weighted by Crippen LogP contribution is 2.39. The molecule has 2 saturated heterocycles. The van der Waals surface area contributed by atoms with E-state index in [4.69, 9.17) is 41.3 Å². The second-order valence-electron chi connectivity index (χ2n) is 19.0. The van der Waals surface area contributed by atoms with Gasteiger partial charge in [-0.1, -0.05) is 39.7 Å². The summed E-state index contributed by atoms with van der Waals surface area (Å²) >= 11 is 12.6. The quantitative estimate of drug-likeness (QED) is 0.0511. The minimum atomic E-state index is -1.18. The van der Waals surface area contributed by atoms with Crippen LogP contribution in [0.1, 0.15) is 59.9 Å². The molecule has 0 spiro atoms. The van der Waals surface area contributed by atoms with Gasteiger partial charge in [0.15, 0.2) is 21.7 Å². The number of hydrogen-bond acceptors (Lipinski definition) is 18. The van der Waals surface area contributed by atoms with Crippen molar-refractivity contribution in [2.24, 2.45) is 21.8 Å². The first-order valence-electron chi connectivity index (χ1n) is 25.0. The van der Waals surface area contributed by atoms with Gasteiger partial charge < -0.3 is 30.3 Å². The molecule has 4 aromatic rings. The number of rotatable bonds is 20. The number of carboxylic acid groups (broad SMARTS) is 2. The third kappa shape index (κ3) is 15.8. The molecular formula is C52H60BrClF4N10O8S2. The summed E-state index contributed by atoms with van der Waals surface area (Å²) in [6, 6.07) is 6.41. The van der Waals surface area contributed by atoms with Gasteiger partial charge in [0.25, 0.3) is 0 Å². The van der Waals surface area contributed by atoms with Gasteiger partial charge in [0.05, 0.1) is 37.4 Å². The Morgan fingerprint density at radius 2 is 1.17 bits per heavy atom. The Balaban J connectivity index is 0.000000226. The summed E-state index contributed by atoms with van der Waals surface area (Å²) in [4.78, 5) is 73.8. The number of esters is 2. The third-order valence-corrected chi connectivity index (χ3v) is 15.8. The number of hydrogen-bond donors (Lipinski definition) is 4. The number of aliphatic imine (C=N–C) groups is 2. The van der Waals surface area contributed by atoms with Crippen molar-refractivity contribution in [2.75, 3.05) is 92.8 Å². The number of thiazole rings is 2. The van der Waals surface area contributed by atoms with E-state index in [0.29, 0.717) is 87.7 Å². The summed E-state index contributed by atoms with van der Waals surface area (Å²) in [6.07, 6.45) is 1.99. The standard InChI is InChI=1S/C26H30BrF2N5O4S.C26H30ClF2N5O4S/c2*1-3-38-26(37)22-20(13-34-8-6-15(19(29)12-34)11-33(2)14-21(35)36)31-24(25-30-7-9-39-25)32-23(22)17-5-4-16(28)10-18(17)27/h2*4-5,7,9-10,15,19,23H,3,6,8,11-14H2,1-2H3,(H,31,32)(H,35,36). The Hall–Kier alpha value is -5.67. The van der Waals surface area contributed by atoms with Crippen LogP contribution in [0.4, 0.5) is 17.6 Å². The van der Waals surface area contributed by atoms with E-state index in [9.17, 15) is 28.0 Å². The van der Waals surface area contributed by atoms with Crippen LogP contribution in [0, 0.1) is 23.5 Å². The van der Waals surface area contributed by atoms with E-state index >= 15 is 8.78 Å². The van der Waals surface area contributed by atoms with Crippen molar-refractivity contribution < 1.29 is 56.4 Å². The predicted molar refractivity (Wildman–Crippen MR) is 291 cm³/mol. The Morgan fingerprint density at radius 1 is 0.731 bits per heavy atom. The molecule has 0 aliphatic carbocycles. The smallest absolute Gasteiger partial charge is 0.338 e. The lowest BCUT2D eigenvalue weighted by molar-refractivity contribution is -0.139. The number of ether oxygens (including phenoxy) is 2. The van der Waals surface area contributed by atoms with Crippen molar-refractivity contribution in [1.82, 2.24) is 40.2 Å². The lowest BCUT2D eigenvalue weighted by Gasteiger charge is -2.37. The van der Waals surface area contributed by atoms with Crippen molar-refractivity contribution in [3.63, 3.8) is 0 Å². The summed E-state index contributed by atoms with van der Waals surface area (Å²) in [5, 5.41) is 29.4. The molecule has 6 atom stereocenters. The van der Waals surface area contributed by atoms with Crippen LogP contribution in [0.5, 0.6) is 0 Å². The van der Waals surface area contributed by atoms with Gasteiger partial charge in [-0.05, 0) is 83.7 Å². The maximum Gasteiger partial charge on any atom is 0.338 e. The number of alkyl halides is 2. The molecule has 18 nitrogen and oxygen atoms in total. The summed E-state index contributed by atoms with van der Waals surface area (Å²) < 4.78 is 69.5. The number of aromatic nitrogens is 2. The molecule has 0 bridgehead atoms. The lowest BCUT2D eigenvalue weighted by Crippen LogP contribution is -2.48. The second-order valence-corrected chi connectivity index (χ2v) is 22.1. The Kier molecular flexibility index (Phi) is 21.5. The Bertz CT molecular complexity index is 2710. The van der Waals surface area contributed by atoms with Crippen molar-refractivity contribution >= 4 is 85.8 Å². The third-order valence-electron chi connectivity index (χ3n) is 13.2. The van der Waals surface area contributed by atoms with E-state index < -0.39 is 59.9 Å². The average molecular weight is 1210 g/mol. The number of nitrogens with one attached hydrogen (secondary N) is 2. The number of likely N-dealkylation sites (tertiary alicyclic amines) is 2. The van der Waals surface area contributed by atoms with E-state index in [0.717, 1.165) is 0 Å². The van der Waals surface area contributed by atoms with E-state index in [1.807, 2.05) is 15.2 Å². The fourth-order valence-electron chi connectivity index (χ4n) is 9.70. The zero-order valence-corrected chi connectivity index (χ0v) is 47.1. The first-order valence-corrected chi connectivity index (χ1v) is 28.0. The van der Waals surface area contributed by atoms with Crippen LogP contribution < -0.4 is 10.6 Å². The molecule has 2 fully saturated rings. The highest BCUT2D eigenvalue weighted by Gasteiger charge is 2.39. The number of halogens is 6. The molecule has 0 radical (unpaired) electrons. The SMILES string of the molecule is CCOC(=O)C1=C(CN2CCC(CN(C)CC(=O)O)C(F)C2)NC(c2nccs2)=NC1c1ccc(F)cc1Br.CCOC(=O)C1=C(CN2CCC(CN(C)CC(=O)O)C(F)C2)NC(c2nccs2)=NC1c1ccc(F)cc1Cl. The van der Waals surface area contributed by atoms with Gasteiger partial charge in [0, 0.05) is 101 Å². The number of carbonyl (C=O) groups excluding carboxylic acids is 2. The molecule has 4 N–H and O–H groups in total. The number of carbonyl (C=O) groups is 4. The Labute approximate surface area is 470 Å². The minimum absolute atomic E-state index is 0.110. The van der Waals surface area contributed by atoms with Crippen LogP contribution in [0.25, 0.3) is 0 Å². The molecule has 0 saturated carbocycles. The fraction of sp³-hybridized carbons (Fsp3) is 0.462. The Morgan fingerprint density at radius 3 is 1.55 bits per heavy atom. The molecule has 0 amide bonds. The molecule has 2 aromatic carbocycles. The summed E-state index contributed by atoms with van der Waals surface area (Å²) in [5.41, 5.74) is 2.48. The van der Waals surface area contributed by atoms with Gasteiger partial charge >= 0.3 is 23.9 Å². The van der Waals surface area contributed by atoms with Gasteiger partial charge in [-0.25, -0.2) is 37.1 Å². The van der Waals surface area contributed by atoms with Crippen molar-refractivity contribution in [3.05, 3.63) is 124 Å². The van der Waals surface area contributed by atoms with Gasteiger partial charge in [-0.15, -0.1) is 22.7 Å². The van der Waals surface area contributed by atoms with Crippen molar-refractivity contribution in [2.45, 2.75) is 51.1 Å². The molecule has 78 heavy (non-hydrogen) atoms. The number of aliphatic carboxylic acids is 2. The summed E-state index contributed by atoms with van der Waals surface area (Å²) in [5.74, 6) is -3.75. The topological polar surface area (TPSA) is 215 Å². The van der Waals surface area contributed by atoms with E-state index in [1.165, 1.54) is 53.0 Å². The summed E-state index contributed by atoms with van der Waals surface area (Å²) in [6.45, 7) is 5.82. The number of amidine groups is 2. The molecular weight excluding hydrogens is 1150 g/mol. The number of carboxylic acids is 2. The monoisotopic (exact) mass is 1210 g/mol. The van der Waals surface area contributed by atoms with Gasteiger partial charge in [0.2, 0.25) is 0 Å². The normalized spacial score (nSPS) is 22.0. The summed E-state index contributed by atoms with van der Waals surface area (Å²) in [7, 11) is 3.33. The lowest BCUT2D eigenvalue weighted by atomic mass is 9.92. The number of benzene rings is 2. The zero-order valence-electron chi connectivity index (χ0n) is 43.1. The van der Waals surface area contributed by atoms with Crippen molar-refractivity contribution in [1.29, 1.82) is 0 Å². The molecule has 26 heteroatoms. The number of likely N-dealkylation sites (N-methyl/N-ethyl adjacent to an activating group) is 2. The predicted octanol–water partition coefficient (Wildman–Crippen LogP) is 7.15. The maximum atomic E-state index is 15.2. The molecule has 4 aliphatic rings. The zero-order chi connectivity index (χ0) is 56.2. The van der Waals surface area contributed by atoms with Gasteiger partial charge in [0.1, 0.15) is 36.1 Å². The molecule has 4 aliphatic heterocycles. The van der Waals surface area contributed by atoms with E-state index in [1.54, 1.807) is 61.6 Å². The number of piperidine rings is 2.